The van der Waals surface area contributed by atoms with Crippen molar-refractivity contribution in [2.45, 2.75) is 26.3 Å². The van der Waals surface area contributed by atoms with E-state index in [4.69, 9.17) is 5.73 Å². The summed E-state index contributed by atoms with van der Waals surface area (Å²) in [4.78, 5) is 13.2. The Labute approximate surface area is 79.5 Å². The van der Waals surface area contributed by atoms with Gasteiger partial charge in [0.1, 0.15) is 0 Å². The molecule has 0 bridgehead atoms. The highest BCUT2D eigenvalue weighted by Gasteiger charge is 2.26. The monoisotopic (exact) mass is 185 g/mol. The molecule has 1 heterocycles. The summed E-state index contributed by atoms with van der Waals surface area (Å²) in [6, 6.07) is 0.249. The fraction of sp³-hybridized carbons (Fsp3) is 0.889. The number of carbonyl (C=O) groups is 1. The van der Waals surface area contributed by atoms with Crippen LogP contribution in [0.2, 0.25) is 0 Å². The van der Waals surface area contributed by atoms with Crippen LogP contribution in [0.25, 0.3) is 0 Å². The quantitative estimate of drug-likeness (QED) is 0.665. The van der Waals surface area contributed by atoms with E-state index in [-0.39, 0.29) is 12.1 Å². The number of hydrogen-bond donors (Lipinski definition) is 2. The zero-order valence-corrected chi connectivity index (χ0v) is 8.42. The van der Waals surface area contributed by atoms with Crippen molar-refractivity contribution >= 4 is 6.03 Å². The van der Waals surface area contributed by atoms with Gasteiger partial charge in [-0.2, -0.15) is 0 Å². The first-order valence-corrected chi connectivity index (χ1v) is 4.89. The summed E-state index contributed by atoms with van der Waals surface area (Å²) in [7, 11) is 0. The summed E-state index contributed by atoms with van der Waals surface area (Å²) in [6.07, 6.45) is 0.990. The first-order chi connectivity index (χ1) is 6.15. The van der Waals surface area contributed by atoms with E-state index < -0.39 is 0 Å². The Morgan fingerprint density at radius 3 is 2.69 bits per heavy atom. The van der Waals surface area contributed by atoms with Gasteiger partial charge in [0, 0.05) is 25.7 Å². The molecule has 0 aliphatic carbocycles. The number of urea groups is 1. The smallest absolute Gasteiger partial charge is 0.317 e. The Morgan fingerprint density at radius 2 is 2.31 bits per heavy atom. The normalized spacial score (nSPS) is 19.4. The van der Waals surface area contributed by atoms with Gasteiger partial charge in [0.05, 0.1) is 0 Å². The van der Waals surface area contributed by atoms with E-state index in [2.05, 4.69) is 19.2 Å². The zero-order chi connectivity index (χ0) is 9.84. The predicted octanol–water partition coefficient (Wildman–Crippen LogP) is 0.385. The lowest BCUT2D eigenvalue weighted by atomic mass is 10.0. The third-order valence-corrected chi connectivity index (χ3v) is 2.35. The average molecular weight is 185 g/mol. The summed E-state index contributed by atoms with van der Waals surface area (Å²) in [5, 5.41) is 2.79. The third-order valence-electron chi connectivity index (χ3n) is 2.35. The molecule has 2 amide bonds. The number of carbonyl (C=O) groups excluding carboxylic acids is 1. The maximum Gasteiger partial charge on any atom is 0.317 e. The van der Waals surface area contributed by atoms with E-state index in [0.29, 0.717) is 12.5 Å². The first kappa shape index (κ1) is 10.3. The van der Waals surface area contributed by atoms with Crippen LogP contribution < -0.4 is 11.1 Å². The van der Waals surface area contributed by atoms with Crippen molar-refractivity contribution in [3.05, 3.63) is 0 Å². The Bertz CT molecular complexity index is 182. The fourth-order valence-corrected chi connectivity index (χ4v) is 1.73. The van der Waals surface area contributed by atoms with E-state index in [1.54, 1.807) is 0 Å². The predicted molar refractivity (Wildman–Crippen MR) is 52.4 cm³/mol. The van der Waals surface area contributed by atoms with E-state index in [1.807, 2.05) is 4.90 Å². The molecule has 4 heteroatoms. The molecular weight excluding hydrogens is 166 g/mol. The Balaban J connectivity index is 2.49. The van der Waals surface area contributed by atoms with Gasteiger partial charge in [-0.05, 0) is 12.3 Å². The Hall–Kier alpha value is -0.770. The van der Waals surface area contributed by atoms with Gasteiger partial charge in [0.15, 0.2) is 0 Å². The first-order valence-electron chi connectivity index (χ1n) is 4.89. The second kappa shape index (κ2) is 4.46. The molecule has 0 aromatic rings. The van der Waals surface area contributed by atoms with E-state index in [0.717, 1.165) is 19.5 Å². The minimum atomic E-state index is 0.0381. The van der Waals surface area contributed by atoms with E-state index in [9.17, 15) is 4.79 Å². The number of nitrogens with zero attached hydrogens (tertiary/aromatic N) is 1. The van der Waals surface area contributed by atoms with Gasteiger partial charge in [0.25, 0.3) is 0 Å². The molecule has 0 spiro atoms. The molecule has 4 nitrogen and oxygen atoms in total. The summed E-state index contributed by atoms with van der Waals surface area (Å²) < 4.78 is 0. The van der Waals surface area contributed by atoms with Gasteiger partial charge in [0.2, 0.25) is 0 Å². The topological polar surface area (TPSA) is 58.4 Å². The van der Waals surface area contributed by atoms with Crippen molar-refractivity contribution in [3.63, 3.8) is 0 Å². The summed E-state index contributed by atoms with van der Waals surface area (Å²) in [6.45, 7) is 6.42. The summed E-state index contributed by atoms with van der Waals surface area (Å²) in [5.41, 5.74) is 5.64. The number of nitrogens with one attached hydrogen (secondary N) is 1. The molecule has 1 fully saturated rings. The highest BCUT2D eigenvalue weighted by molar-refractivity contribution is 5.76. The van der Waals surface area contributed by atoms with E-state index >= 15 is 0 Å². The fourth-order valence-electron chi connectivity index (χ4n) is 1.73. The van der Waals surface area contributed by atoms with Crippen molar-refractivity contribution in [1.29, 1.82) is 0 Å². The molecule has 0 aromatic heterocycles. The van der Waals surface area contributed by atoms with Crippen LogP contribution in [0, 0.1) is 5.92 Å². The zero-order valence-electron chi connectivity index (χ0n) is 8.42. The molecule has 0 radical (unpaired) electrons. The van der Waals surface area contributed by atoms with Gasteiger partial charge < -0.3 is 16.0 Å². The highest BCUT2D eigenvalue weighted by Crippen LogP contribution is 2.12. The summed E-state index contributed by atoms with van der Waals surface area (Å²) >= 11 is 0. The lowest BCUT2D eigenvalue weighted by molar-refractivity contribution is 0.190. The van der Waals surface area contributed by atoms with Crippen molar-refractivity contribution < 1.29 is 4.79 Å². The molecule has 1 unspecified atom stereocenters. The molecule has 1 saturated heterocycles. The molecule has 76 valence electrons. The van der Waals surface area contributed by atoms with Crippen LogP contribution >= 0.6 is 0 Å². The van der Waals surface area contributed by atoms with Crippen LogP contribution in [0.3, 0.4) is 0 Å². The van der Waals surface area contributed by atoms with E-state index in [1.165, 1.54) is 0 Å². The molecule has 0 aromatic carbocycles. The molecule has 1 rings (SSSR count). The average Bonchev–Trinajstić information content (AvgIpc) is 2.47. The van der Waals surface area contributed by atoms with Crippen LogP contribution in [-0.4, -0.2) is 36.6 Å². The highest BCUT2D eigenvalue weighted by atomic mass is 16.2. The molecule has 1 aliphatic rings. The van der Waals surface area contributed by atoms with Gasteiger partial charge in [-0.3, -0.25) is 0 Å². The Kier molecular flexibility index (Phi) is 3.54. The van der Waals surface area contributed by atoms with Crippen LogP contribution in [0.15, 0.2) is 0 Å². The maximum atomic E-state index is 11.3. The molecule has 1 aliphatic heterocycles. The van der Waals surface area contributed by atoms with Crippen LogP contribution in [-0.2, 0) is 0 Å². The van der Waals surface area contributed by atoms with Crippen LogP contribution in [0.5, 0.6) is 0 Å². The lowest BCUT2D eigenvalue weighted by Crippen LogP contribution is -2.43. The van der Waals surface area contributed by atoms with Crippen molar-refractivity contribution in [2.24, 2.45) is 11.7 Å². The second-order valence-electron chi connectivity index (χ2n) is 3.94. The number of nitrogens with two attached hydrogens (primary N) is 1. The molecule has 1 atom stereocenters. The van der Waals surface area contributed by atoms with Crippen LogP contribution in [0.1, 0.15) is 20.3 Å². The molecule has 3 N–H and O–H groups in total. The minimum Gasteiger partial charge on any atom is -0.336 e. The molecular formula is C9H19N3O. The van der Waals surface area contributed by atoms with Gasteiger partial charge in [-0.15, -0.1) is 0 Å². The third kappa shape index (κ3) is 2.59. The second-order valence-corrected chi connectivity index (χ2v) is 3.94. The molecule has 0 saturated carbocycles. The van der Waals surface area contributed by atoms with Gasteiger partial charge in [-0.25, -0.2) is 4.79 Å². The SMILES string of the molecule is CC(C)CC(CN)N1CCNC1=O. The standard InChI is InChI=1S/C9H19N3O/c1-7(2)5-8(6-10)12-4-3-11-9(12)13/h7-8H,3-6,10H2,1-2H3,(H,11,13). The number of rotatable bonds is 4. The molecule has 13 heavy (non-hydrogen) atoms. The van der Waals surface area contributed by atoms with Crippen LogP contribution in [0.4, 0.5) is 4.79 Å². The number of hydrogen-bond acceptors (Lipinski definition) is 2. The minimum absolute atomic E-state index is 0.0381. The van der Waals surface area contributed by atoms with Gasteiger partial charge >= 0.3 is 6.03 Å². The maximum absolute atomic E-state index is 11.3. The van der Waals surface area contributed by atoms with Crippen molar-refractivity contribution in [3.8, 4) is 0 Å². The lowest BCUT2D eigenvalue weighted by Gasteiger charge is -2.26. The van der Waals surface area contributed by atoms with Crippen molar-refractivity contribution in [2.75, 3.05) is 19.6 Å². The van der Waals surface area contributed by atoms with Gasteiger partial charge in [-0.1, -0.05) is 13.8 Å². The number of amides is 2. The largest absolute Gasteiger partial charge is 0.336 e. The van der Waals surface area contributed by atoms with Crippen molar-refractivity contribution in [1.82, 2.24) is 10.2 Å². The Morgan fingerprint density at radius 1 is 1.62 bits per heavy atom. The summed E-state index contributed by atoms with van der Waals surface area (Å²) in [5.74, 6) is 0.585.